The Balaban J connectivity index is 2.22. The Morgan fingerprint density at radius 2 is 2.06 bits per heavy atom. The van der Waals surface area contributed by atoms with Gasteiger partial charge in [-0.1, -0.05) is 6.92 Å². The van der Waals surface area contributed by atoms with Gasteiger partial charge in [0.15, 0.2) is 0 Å². The minimum absolute atomic E-state index is 0.128. The number of rotatable bonds is 5. The second-order valence-electron chi connectivity index (χ2n) is 4.57. The SMILES string of the molecule is CCNC1CCN(C(=O)COC(C)C)CC1. The van der Waals surface area contributed by atoms with Gasteiger partial charge in [-0.25, -0.2) is 0 Å². The van der Waals surface area contributed by atoms with E-state index in [4.69, 9.17) is 4.74 Å². The van der Waals surface area contributed by atoms with E-state index in [1.807, 2.05) is 18.7 Å². The first-order valence-electron chi connectivity index (χ1n) is 6.26. The molecule has 4 nitrogen and oxygen atoms in total. The molecule has 0 aromatic carbocycles. The van der Waals surface area contributed by atoms with Crippen molar-refractivity contribution in [3.63, 3.8) is 0 Å². The lowest BCUT2D eigenvalue weighted by molar-refractivity contribution is -0.138. The summed E-state index contributed by atoms with van der Waals surface area (Å²) in [6.45, 7) is 8.97. The predicted octanol–water partition coefficient (Wildman–Crippen LogP) is 1.01. The average Bonchev–Trinajstić information content (AvgIpc) is 2.27. The number of carbonyl (C=O) groups is 1. The molecule has 1 rings (SSSR count). The van der Waals surface area contributed by atoms with Crippen LogP contribution in [0.1, 0.15) is 33.6 Å². The van der Waals surface area contributed by atoms with Crippen LogP contribution in [0.5, 0.6) is 0 Å². The third-order valence-corrected chi connectivity index (χ3v) is 2.88. The van der Waals surface area contributed by atoms with Crippen molar-refractivity contribution in [3.05, 3.63) is 0 Å². The molecule has 94 valence electrons. The van der Waals surface area contributed by atoms with Crippen LogP contribution in [0.15, 0.2) is 0 Å². The normalized spacial score (nSPS) is 18.1. The molecule has 0 aromatic heterocycles. The predicted molar refractivity (Wildman–Crippen MR) is 64.4 cm³/mol. The largest absolute Gasteiger partial charge is 0.369 e. The smallest absolute Gasteiger partial charge is 0.248 e. The first-order valence-corrected chi connectivity index (χ1v) is 6.26. The summed E-state index contributed by atoms with van der Waals surface area (Å²) >= 11 is 0. The maximum Gasteiger partial charge on any atom is 0.248 e. The van der Waals surface area contributed by atoms with Crippen molar-refractivity contribution in [3.8, 4) is 0 Å². The van der Waals surface area contributed by atoms with E-state index in [1.165, 1.54) is 0 Å². The topological polar surface area (TPSA) is 41.6 Å². The summed E-state index contributed by atoms with van der Waals surface area (Å²) in [6.07, 6.45) is 2.24. The molecule has 0 radical (unpaired) electrons. The Bertz CT molecular complexity index is 211. The quantitative estimate of drug-likeness (QED) is 0.763. The van der Waals surface area contributed by atoms with Crippen molar-refractivity contribution in [2.24, 2.45) is 0 Å². The standard InChI is InChI=1S/C12H24N2O2/c1-4-13-11-5-7-14(8-6-11)12(15)9-16-10(2)3/h10-11,13H,4-9H2,1-3H3. The van der Waals surface area contributed by atoms with Crippen molar-refractivity contribution in [2.75, 3.05) is 26.2 Å². The minimum atomic E-state index is 0.128. The number of likely N-dealkylation sites (tertiary alicyclic amines) is 1. The number of nitrogens with zero attached hydrogens (tertiary/aromatic N) is 1. The van der Waals surface area contributed by atoms with Gasteiger partial charge in [0.05, 0.1) is 6.10 Å². The van der Waals surface area contributed by atoms with Crippen LogP contribution in [0.3, 0.4) is 0 Å². The number of carbonyl (C=O) groups excluding carboxylic acids is 1. The molecule has 0 spiro atoms. The number of ether oxygens (including phenoxy) is 1. The highest BCUT2D eigenvalue weighted by Gasteiger charge is 2.22. The summed E-state index contributed by atoms with van der Waals surface area (Å²) in [6, 6.07) is 0.583. The van der Waals surface area contributed by atoms with Crippen LogP contribution in [-0.4, -0.2) is 49.2 Å². The first kappa shape index (κ1) is 13.5. The van der Waals surface area contributed by atoms with Crippen molar-refractivity contribution in [1.82, 2.24) is 10.2 Å². The highest BCUT2D eigenvalue weighted by Crippen LogP contribution is 2.10. The zero-order chi connectivity index (χ0) is 12.0. The first-order chi connectivity index (χ1) is 7.63. The van der Waals surface area contributed by atoms with Gasteiger partial charge in [0.1, 0.15) is 6.61 Å². The Morgan fingerprint density at radius 3 is 2.56 bits per heavy atom. The van der Waals surface area contributed by atoms with Crippen LogP contribution >= 0.6 is 0 Å². The number of hydrogen-bond donors (Lipinski definition) is 1. The molecule has 1 aliphatic heterocycles. The summed E-state index contributed by atoms with van der Waals surface area (Å²) < 4.78 is 5.32. The lowest BCUT2D eigenvalue weighted by Crippen LogP contribution is -2.46. The van der Waals surface area contributed by atoms with E-state index in [1.54, 1.807) is 0 Å². The fraction of sp³-hybridized carbons (Fsp3) is 0.917. The summed E-state index contributed by atoms with van der Waals surface area (Å²) in [4.78, 5) is 13.7. The second kappa shape index (κ2) is 6.86. The fourth-order valence-corrected chi connectivity index (χ4v) is 1.95. The van der Waals surface area contributed by atoms with Gasteiger partial charge in [-0.15, -0.1) is 0 Å². The highest BCUT2D eigenvalue weighted by molar-refractivity contribution is 5.77. The maximum absolute atomic E-state index is 11.7. The Hall–Kier alpha value is -0.610. The zero-order valence-electron chi connectivity index (χ0n) is 10.7. The van der Waals surface area contributed by atoms with Gasteiger partial charge in [0.2, 0.25) is 5.91 Å². The lowest BCUT2D eigenvalue weighted by Gasteiger charge is -2.32. The summed E-state index contributed by atoms with van der Waals surface area (Å²) in [5.41, 5.74) is 0. The molecule has 4 heteroatoms. The third kappa shape index (κ3) is 4.49. The van der Waals surface area contributed by atoms with E-state index in [0.29, 0.717) is 6.04 Å². The van der Waals surface area contributed by atoms with E-state index >= 15 is 0 Å². The molecule has 0 unspecified atom stereocenters. The van der Waals surface area contributed by atoms with Gasteiger partial charge in [-0.05, 0) is 33.2 Å². The van der Waals surface area contributed by atoms with Crippen LogP contribution in [0.25, 0.3) is 0 Å². The molecule has 0 aromatic rings. The fourth-order valence-electron chi connectivity index (χ4n) is 1.95. The van der Waals surface area contributed by atoms with Crippen molar-refractivity contribution in [2.45, 2.75) is 45.8 Å². The van der Waals surface area contributed by atoms with Crippen LogP contribution in [0, 0.1) is 0 Å². The highest BCUT2D eigenvalue weighted by atomic mass is 16.5. The van der Waals surface area contributed by atoms with E-state index in [-0.39, 0.29) is 18.6 Å². The van der Waals surface area contributed by atoms with Gasteiger partial charge in [0, 0.05) is 19.1 Å². The van der Waals surface area contributed by atoms with E-state index in [0.717, 1.165) is 32.5 Å². The molecule has 1 heterocycles. The van der Waals surface area contributed by atoms with Crippen molar-refractivity contribution in [1.29, 1.82) is 0 Å². The molecule has 16 heavy (non-hydrogen) atoms. The van der Waals surface area contributed by atoms with E-state index in [2.05, 4.69) is 12.2 Å². The van der Waals surface area contributed by atoms with Gasteiger partial charge in [0.25, 0.3) is 0 Å². The molecule has 1 N–H and O–H groups in total. The molecule has 0 saturated carbocycles. The average molecular weight is 228 g/mol. The summed E-state index contributed by atoms with van der Waals surface area (Å²) in [7, 11) is 0. The molecule has 1 amide bonds. The Morgan fingerprint density at radius 1 is 1.44 bits per heavy atom. The molecule has 1 aliphatic rings. The van der Waals surface area contributed by atoms with Gasteiger partial charge < -0.3 is 15.0 Å². The molecular formula is C12H24N2O2. The minimum Gasteiger partial charge on any atom is -0.369 e. The zero-order valence-corrected chi connectivity index (χ0v) is 10.7. The maximum atomic E-state index is 11.7. The summed E-state index contributed by atoms with van der Waals surface area (Å²) in [5, 5.41) is 3.42. The molecule has 0 bridgehead atoms. The molecular weight excluding hydrogens is 204 g/mol. The van der Waals surface area contributed by atoms with Crippen LogP contribution in [0.2, 0.25) is 0 Å². The van der Waals surface area contributed by atoms with Crippen LogP contribution in [0.4, 0.5) is 0 Å². The Kier molecular flexibility index (Phi) is 5.77. The molecule has 1 fully saturated rings. The number of amides is 1. The van der Waals surface area contributed by atoms with Crippen molar-refractivity contribution >= 4 is 5.91 Å². The molecule has 0 aliphatic carbocycles. The monoisotopic (exact) mass is 228 g/mol. The van der Waals surface area contributed by atoms with Crippen molar-refractivity contribution < 1.29 is 9.53 Å². The van der Waals surface area contributed by atoms with Gasteiger partial charge in [-0.2, -0.15) is 0 Å². The van der Waals surface area contributed by atoms with Crippen LogP contribution in [-0.2, 0) is 9.53 Å². The summed E-state index contributed by atoms with van der Waals surface area (Å²) in [5.74, 6) is 0.128. The Labute approximate surface area is 98.3 Å². The third-order valence-electron chi connectivity index (χ3n) is 2.88. The number of piperidine rings is 1. The van der Waals surface area contributed by atoms with Gasteiger partial charge >= 0.3 is 0 Å². The van der Waals surface area contributed by atoms with Gasteiger partial charge in [-0.3, -0.25) is 4.79 Å². The van der Waals surface area contributed by atoms with E-state index < -0.39 is 0 Å². The van der Waals surface area contributed by atoms with Crippen LogP contribution < -0.4 is 5.32 Å². The number of nitrogens with one attached hydrogen (secondary N) is 1. The molecule has 1 saturated heterocycles. The number of hydrogen-bond acceptors (Lipinski definition) is 3. The second-order valence-corrected chi connectivity index (χ2v) is 4.57. The lowest BCUT2D eigenvalue weighted by atomic mass is 10.1. The molecule has 0 atom stereocenters. The van der Waals surface area contributed by atoms with E-state index in [9.17, 15) is 4.79 Å².